The van der Waals surface area contributed by atoms with Gasteiger partial charge in [0, 0.05) is 11.6 Å². The zero-order chi connectivity index (χ0) is 13.1. The van der Waals surface area contributed by atoms with Crippen LogP contribution in [0.5, 0.6) is 0 Å². The number of hydrogen-bond acceptors (Lipinski definition) is 2. The third kappa shape index (κ3) is 4.81. The topological polar surface area (TPSA) is 46.2 Å². The zero-order valence-corrected chi connectivity index (χ0v) is 12.2. The van der Waals surface area contributed by atoms with Crippen LogP contribution in [0.3, 0.4) is 0 Å². The van der Waals surface area contributed by atoms with E-state index in [0.29, 0.717) is 5.69 Å². The molecule has 7 heteroatoms. The van der Waals surface area contributed by atoms with Gasteiger partial charge >= 0.3 is 0 Å². The van der Waals surface area contributed by atoms with Crippen molar-refractivity contribution in [2.75, 3.05) is 16.4 Å². The Morgan fingerprint density at radius 3 is 2.71 bits per heavy atom. The number of hydrogen-bond donors (Lipinski definition) is 1. The van der Waals surface area contributed by atoms with E-state index in [1.807, 2.05) is 0 Å². The Kier molecular flexibility index (Phi) is 5.22. The van der Waals surface area contributed by atoms with Gasteiger partial charge in [-0.1, -0.05) is 6.92 Å². The van der Waals surface area contributed by atoms with Crippen LogP contribution >= 0.6 is 27.5 Å². The normalized spacial score (nSPS) is 13.4. The SMILES string of the molecule is CC(CCl)CS(=O)(=O)Nc1ccc(F)c(Br)c1. The van der Waals surface area contributed by atoms with Gasteiger partial charge in [-0.2, -0.15) is 0 Å². The van der Waals surface area contributed by atoms with Gasteiger partial charge in [-0.25, -0.2) is 12.8 Å². The fourth-order valence-corrected chi connectivity index (χ4v) is 3.25. The highest BCUT2D eigenvalue weighted by Gasteiger charge is 2.15. The molecule has 0 saturated heterocycles. The minimum absolute atomic E-state index is 0.0640. The average molecular weight is 345 g/mol. The summed E-state index contributed by atoms with van der Waals surface area (Å²) in [5, 5.41) is 0. The van der Waals surface area contributed by atoms with Crippen LogP contribution in [0.2, 0.25) is 0 Å². The van der Waals surface area contributed by atoms with Gasteiger partial charge in [0.2, 0.25) is 10.0 Å². The number of alkyl halides is 1. The first-order valence-corrected chi connectivity index (χ1v) is 7.83. The Labute approximate surface area is 114 Å². The first-order valence-electron chi connectivity index (χ1n) is 4.85. The molecule has 1 aromatic rings. The minimum atomic E-state index is -3.45. The van der Waals surface area contributed by atoms with Crippen molar-refractivity contribution in [1.29, 1.82) is 0 Å². The van der Waals surface area contributed by atoms with Gasteiger partial charge in [0.1, 0.15) is 5.82 Å². The Balaban J connectivity index is 2.80. The fourth-order valence-electron chi connectivity index (χ4n) is 1.20. The maximum absolute atomic E-state index is 13.0. The van der Waals surface area contributed by atoms with Crippen LogP contribution < -0.4 is 4.72 Å². The molecule has 0 heterocycles. The molecule has 0 spiro atoms. The molecular formula is C10H12BrClFNO2S. The number of rotatable bonds is 5. The van der Waals surface area contributed by atoms with Crippen LogP contribution in [0.15, 0.2) is 22.7 Å². The van der Waals surface area contributed by atoms with Crippen molar-refractivity contribution >= 4 is 43.2 Å². The van der Waals surface area contributed by atoms with Crippen molar-refractivity contribution in [2.45, 2.75) is 6.92 Å². The summed E-state index contributed by atoms with van der Waals surface area (Å²) < 4.78 is 38.9. The van der Waals surface area contributed by atoms with Crippen LogP contribution in [0.4, 0.5) is 10.1 Å². The van der Waals surface area contributed by atoms with Crippen molar-refractivity contribution in [3.8, 4) is 0 Å². The van der Waals surface area contributed by atoms with E-state index in [2.05, 4.69) is 20.7 Å². The van der Waals surface area contributed by atoms with Crippen LogP contribution in [-0.2, 0) is 10.0 Å². The van der Waals surface area contributed by atoms with Crippen LogP contribution in [0, 0.1) is 11.7 Å². The largest absolute Gasteiger partial charge is 0.284 e. The third-order valence-electron chi connectivity index (χ3n) is 1.96. The second kappa shape index (κ2) is 6.02. The molecule has 0 bridgehead atoms. The third-order valence-corrected chi connectivity index (χ3v) is 4.65. The van der Waals surface area contributed by atoms with Crippen molar-refractivity contribution < 1.29 is 12.8 Å². The number of sulfonamides is 1. The van der Waals surface area contributed by atoms with Crippen molar-refractivity contribution in [1.82, 2.24) is 0 Å². The molecule has 1 rings (SSSR count). The molecule has 0 aromatic heterocycles. The second-order valence-electron chi connectivity index (χ2n) is 3.77. The summed E-state index contributed by atoms with van der Waals surface area (Å²) in [7, 11) is -3.45. The van der Waals surface area contributed by atoms with Gasteiger partial charge in [0.05, 0.1) is 10.2 Å². The number of anilines is 1. The molecule has 1 aromatic carbocycles. The summed E-state index contributed by atoms with van der Waals surface area (Å²) in [5.41, 5.74) is 0.319. The Hall–Kier alpha value is -0.330. The lowest BCUT2D eigenvalue weighted by Crippen LogP contribution is -2.22. The molecule has 0 radical (unpaired) electrons. The molecular weight excluding hydrogens is 333 g/mol. The maximum Gasteiger partial charge on any atom is 0.233 e. The van der Waals surface area contributed by atoms with E-state index in [4.69, 9.17) is 11.6 Å². The maximum atomic E-state index is 13.0. The van der Waals surface area contributed by atoms with Crippen LogP contribution in [0.25, 0.3) is 0 Å². The highest BCUT2D eigenvalue weighted by Crippen LogP contribution is 2.21. The van der Waals surface area contributed by atoms with Gasteiger partial charge in [0.15, 0.2) is 0 Å². The number of nitrogens with one attached hydrogen (secondary N) is 1. The van der Waals surface area contributed by atoms with Gasteiger partial charge in [-0.05, 0) is 40.0 Å². The average Bonchev–Trinajstić information content (AvgIpc) is 2.22. The number of halogens is 3. The van der Waals surface area contributed by atoms with E-state index >= 15 is 0 Å². The van der Waals surface area contributed by atoms with Crippen molar-refractivity contribution in [3.05, 3.63) is 28.5 Å². The van der Waals surface area contributed by atoms with E-state index in [9.17, 15) is 12.8 Å². The lowest BCUT2D eigenvalue weighted by molar-refractivity contribution is 0.588. The molecule has 96 valence electrons. The molecule has 3 nitrogen and oxygen atoms in total. The van der Waals surface area contributed by atoms with Crippen molar-refractivity contribution in [3.63, 3.8) is 0 Å². The molecule has 1 atom stereocenters. The summed E-state index contributed by atoms with van der Waals surface area (Å²) in [6.45, 7) is 1.74. The monoisotopic (exact) mass is 343 g/mol. The van der Waals surface area contributed by atoms with Gasteiger partial charge in [-0.15, -0.1) is 11.6 Å². The lowest BCUT2D eigenvalue weighted by atomic mass is 10.3. The van der Waals surface area contributed by atoms with Gasteiger partial charge in [-0.3, -0.25) is 4.72 Å². The van der Waals surface area contributed by atoms with Crippen LogP contribution in [0.1, 0.15) is 6.92 Å². The molecule has 0 amide bonds. The fraction of sp³-hybridized carbons (Fsp3) is 0.400. The standard InChI is InChI=1S/C10H12BrClFNO2S/c1-7(5-12)6-17(15,16)14-8-2-3-10(13)9(11)4-8/h2-4,7,14H,5-6H2,1H3. The Morgan fingerprint density at radius 1 is 1.53 bits per heavy atom. The lowest BCUT2D eigenvalue weighted by Gasteiger charge is -2.11. The van der Waals surface area contributed by atoms with E-state index in [1.54, 1.807) is 6.92 Å². The second-order valence-corrected chi connectivity index (χ2v) is 6.70. The minimum Gasteiger partial charge on any atom is -0.284 e. The molecule has 0 fully saturated rings. The highest BCUT2D eigenvalue weighted by molar-refractivity contribution is 9.10. The number of benzene rings is 1. The predicted molar refractivity (Wildman–Crippen MR) is 71.4 cm³/mol. The molecule has 17 heavy (non-hydrogen) atoms. The summed E-state index contributed by atoms with van der Waals surface area (Å²) >= 11 is 8.54. The van der Waals surface area contributed by atoms with E-state index in [0.717, 1.165) is 0 Å². The first kappa shape index (κ1) is 14.7. The van der Waals surface area contributed by atoms with E-state index < -0.39 is 15.8 Å². The summed E-state index contributed by atoms with van der Waals surface area (Å²) in [6, 6.07) is 3.92. The Morgan fingerprint density at radius 2 is 2.18 bits per heavy atom. The van der Waals surface area contributed by atoms with Gasteiger partial charge < -0.3 is 0 Å². The summed E-state index contributed by atoms with van der Waals surface area (Å²) in [4.78, 5) is 0. The van der Waals surface area contributed by atoms with Crippen LogP contribution in [-0.4, -0.2) is 20.1 Å². The molecule has 0 saturated carbocycles. The molecule has 0 aliphatic rings. The van der Waals surface area contributed by atoms with Gasteiger partial charge in [0.25, 0.3) is 0 Å². The molecule has 0 aliphatic carbocycles. The summed E-state index contributed by atoms with van der Waals surface area (Å²) in [6.07, 6.45) is 0. The first-order chi connectivity index (χ1) is 7.84. The van der Waals surface area contributed by atoms with E-state index in [1.165, 1.54) is 18.2 Å². The smallest absolute Gasteiger partial charge is 0.233 e. The molecule has 1 N–H and O–H groups in total. The molecule has 0 aliphatic heterocycles. The molecule has 1 unspecified atom stereocenters. The Bertz CT molecular complexity index is 495. The predicted octanol–water partition coefficient (Wildman–Crippen LogP) is 3.20. The zero-order valence-electron chi connectivity index (χ0n) is 9.08. The van der Waals surface area contributed by atoms with E-state index in [-0.39, 0.29) is 22.0 Å². The van der Waals surface area contributed by atoms with Crippen molar-refractivity contribution in [2.24, 2.45) is 5.92 Å². The summed E-state index contributed by atoms with van der Waals surface area (Å²) in [5.74, 6) is -0.375. The highest BCUT2D eigenvalue weighted by atomic mass is 79.9. The quantitative estimate of drug-likeness (QED) is 0.834.